The highest BCUT2D eigenvalue weighted by Gasteiger charge is 2.25. The van der Waals surface area contributed by atoms with Crippen molar-refractivity contribution >= 4 is 17.5 Å². The van der Waals surface area contributed by atoms with E-state index in [4.69, 9.17) is 20.9 Å². The molecule has 0 saturated carbocycles. The number of hydrogen-bond acceptors (Lipinski definition) is 5. The first-order valence-electron chi connectivity index (χ1n) is 9.39. The molecule has 1 saturated heterocycles. The number of aromatic nitrogens is 2. The molecule has 0 radical (unpaired) electrons. The van der Waals surface area contributed by atoms with Gasteiger partial charge in [0, 0.05) is 25.4 Å². The second kappa shape index (κ2) is 8.74. The third kappa shape index (κ3) is 5.01. The Morgan fingerprint density at radius 1 is 1.37 bits per heavy atom. The summed E-state index contributed by atoms with van der Waals surface area (Å²) in [6, 6.07) is 5.48. The molecule has 1 amide bonds. The molecule has 146 valence electrons. The van der Waals surface area contributed by atoms with Crippen LogP contribution in [0.4, 0.5) is 0 Å². The Morgan fingerprint density at radius 2 is 2.11 bits per heavy atom. The van der Waals surface area contributed by atoms with Crippen molar-refractivity contribution in [3.63, 3.8) is 0 Å². The van der Waals surface area contributed by atoms with Crippen LogP contribution in [-0.4, -0.2) is 41.1 Å². The zero-order valence-electron chi connectivity index (χ0n) is 16.1. The Balaban J connectivity index is 1.49. The molecule has 1 aromatic carbocycles. The number of rotatable bonds is 6. The summed E-state index contributed by atoms with van der Waals surface area (Å²) in [6.07, 6.45) is 3.05. The number of piperidine rings is 1. The molecule has 7 heteroatoms. The molecule has 0 aliphatic carbocycles. The number of halogens is 1. The van der Waals surface area contributed by atoms with Crippen molar-refractivity contribution in [2.24, 2.45) is 5.92 Å². The van der Waals surface area contributed by atoms with E-state index in [1.54, 1.807) is 19.2 Å². The van der Waals surface area contributed by atoms with Gasteiger partial charge in [0.05, 0.1) is 18.6 Å². The third-order valence-electron chi connectivity index (χ3n) is 5.00. The van der Waals surface area contributed by atoms with E-state index in [1.807, 2.05) is 11.0 Å². The van der Waals surface area contributed by atoms with Gasteiger partial charge in [-0.1, -0.05) is 36.7 Å². The molecular weight excluding hydrogens is 366 g/mol. The number of likely N-dealkylation sites (tertiary alicyclic amines) is 1. The molecule has 0 atom stereocenters. The van der Waals surface area contributed by atoms with Crippen LogP contribution in [0.25, 0.3) is 0 Å². The van der Waals surface area contributed by atoms with Gasteiger partial charge >= 0.3 is 0 Å². The molecule has 2 aromatic rings. The van der Waals surface area contributed by atoms with E-state index in [0.29, 0.717) is 29.0 Å². The second-order valence-corrected chi connectivity index (χ2v) is 7.78. The third-order valence-corrected chi connectivity index (χ3v) is 5.30. The highest BCUT2D eigenvalue weighted by atomic mass is 35.5. The van der Waals surface area contributed by atoms with E-state index in [-0.39, 0.29) is 11.8 Å². The predicted octanol–water partition coefficient (Wildman–Crippen LogP) is 3.88. The summed E-state index contributed by atoms with van der Waals surface area (Å²) in [6.45, 7) is 5.63. The molecule has 6 nitrogen and oxygen atoms in total. The Kier molecular flexibility index (Phi) is 6.37. The van der Waals surface area contributed by atoms with Gasteiger partial charge in [-0.15, -0.1) is 0 Å². The van der Waals surface area contributed by atoms with Crippen LogP contribution in [0.15, 0.2) is 22.7 Å². The maximum atomic E-state index is 12.6. The fraction of sp³-hybridized carbons (Fsp3) is 0.550. The summed E-state index contributed by atoms with van der Waals surface area (Å²) < 4.78 is 10.5. The lowest BCUT2D eigenvalue weighted by Crippen LogP contribution is -2.39. The molecule has 1 aromatic heterocycles. The summed E-state index contributed by atoms with van der Waals surface area (Å²) in [5.74, 6) is 2.97. The predicted molar refractivity (Wildman–Crippen MR) is 103 cm³/mol. The average molecular weight is 392 g/mol. The van der Waals surface area contributed by atoms with Crippen LogP contribution in [0.5, 0.6) is 5.75 Å². The molecule has 2 heterocycles. The van der Waals surface area contributed by atoms with Crippen LogP contribution < -0.4 is 4.74 Å². The van der Waals surface area contributed by atoms with Crippen molar-refractivity contribution in [2.75, 3.05) is 20.2 Å². The summed E-state index contributed by atoms with van der Waals surface area (Å²) in [5, 5.41) is 4.55. The van der Waals surface area contributed by atoms with E-state index in [0.717, 1.165) is 43.7 Å². The Labute approximate surface area is 164 Å². The number of carbonyl (C=O) groups excluding carboxylic acids is 1. The van der Waals surface area contributed by atoms with Gasteiger partial charge in [0.15, 0.2) is 5.82 Å². The van der Waals surface area contributed by atoms with Crippen molar-refractivity contribution in [1.29, 1.82) is 0 Å². The molecule has 0 N–H and O–H groups in total. The Morgan fingerprint density at radius 3 is 2.70 bits per heavy atom. The van der Waals surface area contributed by atoms with Crippen LogP contribution in [-0.2, 0) is 17.6 Å². The molecule has 1 aliphatic rings. The number of carbonyl (C=O) groups is 1. The van der Waals surface area contributed by atoms with Gasteiger partial charge in [-0.25, -0.2) is 0 Å². The summed E-state index contributed by atoms with van der Waals surface area (Å²) >= 11 is 6.15. The van der Waals surface area contributed by atoms with E-state index in [9.17, 15) is 4.79 Å². The van der Waals surface area contributed by atoms with Crippen LogP contribution in [0.2, 0.25) is 5.02 Å². The highest BCUT2D eigenvalue weighted by molar-refractivity contribution is 6.32. The van der Waals surface area contributed by atoms with Crippen LogP contribution >= 0.6 is 11.6 Å². The highest BCUT2D eigenvalue weighted by Crippen LogP contribution is 2.26. The van der Waals surface area contributed by atoms with Gasteiger partial charge in [0.2, 0.25) is 11.8 Å². The minimum absolute atomic E-state index is 0.134. The van der Waals surface area contributed by atoms with Gasteiger partial charge < -0.3 is 14.2 Å². The van der Waals surface area contributed by atoms with Gasteiger partial charge in [-0.3, -0.25) is 4.79 Å². The SMILES string of the molecule is COc1ccc(CC(=O)N2CCC(Cc3nc(C(C)C)no3)CC2)cc1Cl. The molecule has 1 fully saturated rings. The van der Waals surface area contributed by atoms with Crippen molar-refractivity contribution in [2.45, 2.75) is 45.4 Å². The molecule has 0 unspecified atom stereocenters. The number of benzene rings is 1. The Hall–Kier alpha value is -2.08. The topological polar surface area (TPSA) is 68.5 Å². The number of ether oxygens (including phenoxy) is 1. The van der Waals surface area contributed by atoms with Gasteiger partial charge in [-0.2, -0.15) is 4.98 Å². The zero-order chi connectivity index (χ0) is 19.4. The first kappa shape index (κ1) is 19.7. The lowest BCUT2D eigenvalue weighted by molar-refractivity contribution is -0.131. The van der Waals surface area contributed by atoms with E-state index in [2.05, 4.69) is 24.0 Å². The number of nitrogens with zero attached hydrogens (tertiary/aromatic N) is 3. The molecule has 3 rings (SSSR count). The van der Waals surface area contributed by atoms with E-state index >= 15 is 0 Å². The fourth-order valence-electron chi connectivity index (χ4n) is 3.33. The average Bonchev–Trinajstić information content (AvgIpc) is 3.11. The largest absolute Gasteiger partial charge is 0.495 e. The van der Waals surface area contributed by atoms with Crippen molar-refractivity contribution in [3.05, 3.63) is 40.5 Å². The van der Waals surface area contributed by atoms with Gasteiger partial charge in [-0.05, 0) is 36.5 Å². The zero-order valence-corrected chi connectivity index (χ0v) is 16.8. The molecular formula is C20H26ClN3O3. The standard InChI is InChI=1S/C20H26ClN3O3/c1-13(2)20-22-18(27-23-20)11-14-6-8-24(9-7-14)19(25)12-15-4-5-17(26-3)16(21)10-15/h4-5,10,13-14H,6-9,11-12H2,1-3H3. The Bertz CT molecular complexity index is 783. The molecule has 0 spiro atoms. The van der Waals surface area contributed by atoms with Crippen LogP contribution in [0.3, 0.4) is 0 Å². The monoisotopic (exact) mass is 391 g/mol. The first-order valence-corrected chi connectivity index (χ1v) is 9.76. The summed E-state index contributed by atoms with van der Waals surface area (Å²) in [5.41, 5.74) is 0.903. The maximum absolute atomic E-state index is 12.6. The van der Waals surface area contributed by atoms with E-state index in [1.165, 1.54) is 0 Å². The minimum Gasteiger partial charge on any atom is -0.495 e. The number of methoxy groups -OCH3 is 1. The first-order chi connectivity index (χ1) is 13.0. The van der Waals surface area contributed by atoms with Crippen LogP contribution in [0.1, 0.15) is 49.9 Å². The van der Waals surface area contributed by atoms with Crippen molar-refractivity contribution < 1.29 is 14.1 Å². The maximum Gasteiger partial charge on any atom is 0.226 e. The lowest BCUT2D eigenvalue weighted by atomic mass is 9.93. The van der Waals surface area contributed by atoms with Gasteiger partial charge in [0.1, 0.15) is 5.75 Å². The lowest BCUT2D eigenvalue weighted by Gasteiger charge is -2.31. The normalized spacial score (nSPS) is 15.4. The van der Waals surface area contributed by atoms with Crippen LogP contribution in [0, 0.1) is 5.92 Å². The molecule has 0 bridgehead atoms. The summed E-state index contributed by atoms with van der Waals surface area (Å²) in [4.78, 5) is 19.0. The number of hydrogen-bond donors (Lipinski definition) is 0. The quantitative estimate of drug-likeness (QED) is 0.747. The van der Waals surface area contributed by atoms with E-state index < -0.39 is 0 Å². The minimum atomic E-state index is 0.134. The smallest absolute Gasteiger partial charge is 0.226 e. The molecule has 27 heavy (non-hydrogen) atoms. The molecule has 1 aliphatic heterocycles. The van der Waals surface area contributed by atoms with Crippen molar-refractivity contribution in [3.8, 4) is 5.75 Å². The fourth-order valence-corrected chi connectivity index (χ4v) is 3.61. The number of amides is 1. The second-order valence-electron chi connectivity index (χ2n) is 7.37. The summed E-state index contributed by atoms with van der Waals surface area (Å²) in [7, 11) is 1.58. The van der Waals surface area contributed by atoms with Crippen molar-refractivity contribution in [1.82, 2.24) is 15.0 Å². The van der Waals surface area contributed by atoms with Gasteiger partial charge in [0.25, 0.3) is 0 Å².